The molecule has 1 aliphatic heterocycles. The summed E-state index contributed by atoms with van der Waals surface area (Å²) in [5.74, 6) is -4.28. The number of carboxylic acid groups (broad SMARTS) is 1. The van der Waals surface area contributed by atoms with Gasteiger partial charge in [-0.25, -0.2) is 9.59 Å². The minimum atomic E-state index is -1.37. The predicted octanol–water partition coefficient (Wildman–Crippen LogP) is -0.559. The number of carbonyl (C=O) groups excluding carboxylic acids is 3. The Morgan fingerprint density at radius 1 is 1.17 bits per heavy atom. The first-order chi connectivity index (χ1) is 10.9. The molecule has 9 heteroatoms. The van der Waals surface area contributed by atoms with Gasteiger partial charge in [0.1, 0.15) is 5.75 Å². The molecule has 1 atom stereocenters. The van der Waals surface area contributed by atoms with Crippen molar-refractivity contribution in [3.63, 3.8) is 0 Å². The molecule has 0 saturated carbocycles. The van der Waals surface area contributed by atoms with E-state index in [1.165, 1.54) is 12.1 Å². The molecular weight excluding hydrogens is 306 g/mol. The SMILES string of the molecule is O=C1NC(=O)C(C=N[C@H](Cc2ccc(O)cc2)C(=O)O)C(=O)N1. The van der Waals surface area contributed by atoms with Crippen LogP contribution in [0.1, 0.15) is 5.56 Å². The Morgan fingerprint density at radius 3 is 2.26 bits per heavy atom. The molecule has 2 rings (SSSR count). The number of carbonyl (C=O) groups is 4. The summed E-state index contributed by atoms with van der Waals surface area (Å²) in [6.07, 6.45) is 0.928. The molecule has 1 heterocycles. The van der Waals surface area contributed by atoms with Gasteiger partial charge in [0.05, 0.1) is 0 Å². The molecule has 1 aromatic rings. The van der Waals surface area contributed by atoms with E-state index in [0.29, 0.717) is 5.56 Å². The number of hydrogen-bond acceptors (Lipinski definition) is 6. The number of phenolic OH excluding ortho intramolecular Hbond substituents is 1. The maximum atomic E-state index is 11.5. The monoisotopic (exact) mass is 319 g/mol. The van der Waals surface area contributed by atoms with E-state index in [1.807, 2.05) is 10.6 Å². The van der Waals surface area contributed by atoms with E-state index < -0.39 is 35.8 Å². The number of benzene rings is 1. The van der Waals surface area contributed by atoms with E-state index in [-0.39, 0.29) is 12.2 Å². The lowest BCUT2D eigenvalue weighted by Crippen LogP contribution is -2.56. The van der Waals surface area contributed by atoms with Crippen molar-refractivity contribution in [2.75, 3.05) is 0 Å². The van der Waals surface area contributed by atoms with E-state index in [2.05, 4.69) is 4.99 Å². The second kappa shape index (κ2) is 6.69. The van der Waals surface area contributed by atoms with Gasteiger partial charge >= 0.3 is 12.0 Å². The van der Waals surface area contributed by atoms with Gasteiger partial charge in [0.15, 0.2) is 12.0 Å². The van der Waals surface area contributed by atoms with Crippen molar-refractivity contribution in [1.82, 2.24) is 10.6 Å². The quantitative estimate of drug-likeness (QED) is 0.423. The molecule has 0 aliphatic carbocycles. The van der Waals surface area contributed by atoms with Crippen LogP contribution < -0.4 is 10.6 Å². The summed E-state index contributed by atoms with van der Waals surface area (Å²) in [6.45, 7) is 0. The highest BCUT2D eigenvalue weighted by molar-refractivity contribution is 6.23. The van der Waals surface area contributed by atoms with Crippen LogP contribution in [0, 0.1) is 5.92 Å². The Bertz CT molecular complexity index is 662. The first-order valence-electron chi connectivity index (χ1n) is 6.56. The second-order valence-electron chi connectivity index (χ2n) is 4.81. The fourth-order valence-electron chi connectivity index (χ4n) is 1.91. The third-order valence-corrected chi connectivity index (χ3v) is 3.10. The average molecular weight is 319 g/mol. The molecule has 120 valence electrons. The standard InChI is InChI=1S/C14H13N3O6/c18-8-3-1-7(2-4-8)5-10(13(21)22)15-6-9-11(19)16-14(23)17-12(9)20/h1-4,6,9-10,18H,5H2,(H,21,22)(H2,16,17,19,20,23)/t10-/m1/s1. The summed E-state index contributed by atoms with van der Waals surface area (Å²) in [4.78, 5) is 49.0. The molecule has 0 radical (unpaired) electrons. The zero-order valence-corrected chi connectivity index (χ0v) is 11.7. The molecular formula is C14H13N3O6. The lowest BCUT2D eigenvalue weighted by atomic mass is 10.1. The van der Waals surface area contributed by atoms with E-state index in [4.69, 9.17) is 0 Å². The van der Waals surface area contributed by atoms with E-state index in [1.54, 1.807) is 12.1 Å². The van der Waals surface area contributed by atoms with Gasteiger partial charge in [-0.2, -0.15) is 0 Å². The van der Waals surface area contributed by atoms with Crippen molar-refractivity contribution in [1.29, 1.82) is 0 Å². The van der Waals surface area contributed by atoms with Crippen LogP contribution in [-0.4, -0.2) is 46.3 Å². The minimum absolute atomic E-state index is 0.0149. The summed E-state index contributed by atoms with van der Waals surface area (Å²) in [6, 6.07) is 3.76. The van der Waals surface area contributed by atoms with Crippen LogP contribution in [0.3, 0.4) is 0 Å². The molecule has 1 fully saturated rings. The number of nitrogens with one attached hydrogen (secondary N) is 2. The number of carboxylic acids is 1. The number of aromatic hydroxyl groups is 1. The Balaban J connectivity index is 2.11. The fourth-order valence-corrected chi connectivity index (χ4v) is 1.91. The molecule has 1 aliphatic rings. The first kappa shape index (κ1) is 16.1. The zero-order valence-electron chi connectivity index (χ0n) is 11.7. The topological polar surface area (TPSA) is 145 Å². The van der Waals surface area contributed by atoms with Gasteiger partial charge in [-0.05, 0) is 17.7 Å². The Morgan fingerprint density at radius 2 is 1.74 bits per heavy atom. The van der Waals surface area contributed by atoms with Crippen LogP contribution >= 0.6 is 0 Å². The van der Waals surface area contributed by atoms with Crippen LogP contribution in [-0.2, 0) is 20.8 Å². The lowest BCUT2D eigenvalue weighted by Gasteiger charge is -2.17. The summed E-state index contributed by atoms with van der Waals surface area (Å²) in [5, 5.41) is 22.1. The van der Waals surface area contributed by atoms with Gasteiger partial charge < -0.3 is 10.2 Å². The van der Waals surface area contributed by atoms with Crippen molar-refractivity contribution in [2.45, 2.75) is 12.5 Å². The number of amides is 4. The summed E-state index contributed by atoms with van der Waals surface area (Å²) in [7, 11) is 0. The molecule has 1 saturated heterocycles. The highest BCUT2D eigenvalue weighted by Crippen LogP contribution is 2.13. The van der Waals surface area contributed by atoms with Crippen molar-refractivity contribution in [3.05, 3.63) is 29.8 Å². The van der Waals surface area contributed by atoms with Gasteiger partial charge in [-0.3, -0.25) is 25.2 Å². The number of urea groups is 1. The maximum Gasteiger partial charge on any atom is 0.328 e. The summed E-state index contributed by atoms with van der Waals surface area (Å²) >= 11 is 0. The first-order valence-corrected chi connectivity index (χ1v) is 6.56. The lowest BCUT2D eigenvalue weighted by molar-refractivity contribution is -0.138. The van der Waals surface area contributed by atoms with Crippen molar-refractivity contribution in [3.8, 4) is 5.75 Å². The predicted molar refractivity (Wildman–Crippen MR) is 76.9 cm³/mol. The van der Waals surface area contributed by atoms with Crippen LogP contribution in [0.15, 0.2) is 29.3 Å². The molecule has 0 aromatic heterocycles. The third-order valence-electron chi connectivity index (χ3n) is 3.10. The largest absolute Gasteiger partial charge is 0.508 e. The van der Waals surface area contributed by atoms with Crippen LogP contribution in [0.25, 0.3) is 0 Å². The van der Waals surface area contributed by atoms with Crippen LogP contribution in [0.5, 0.6) is 5.75 Å². The number of phenols is 1. The highest BCUT2D eigenvalue weighted by atomic mass is 16.4. The number of aliphatic imine (C=N–C) groups is 1. The molecule has 4 N–H and O–H groups in total. The highest BCUT2D eigenvalue weighted by Gasteiger charge is 2.33. The number of rotatable bonds is 5. The second-order valence-corrected chi connectivity index (χ2v) is 4.81. The fraction of sp³-hybridized carbons (Fsp3) is 0.214. The Kier molecular flexibility index (Phi) is 4.69. The van der Waals surface area contributed by atoms with Gasteiger partial charge in [0, 0.05) is 12.6 Å². The van der Waals surface area contributed by atoms with Gasteiger partial charge in [-0.1, -0.05) is 12.1 Å². The number of aliphatic carboxylic acids is 1. The van der Waals surface area contributed by atoms with Crippen molar-refractivity contribution in [2.24, 2.45) is 10.9 Å². The molecule has 0 unspecified atom stereocenters. The molecule has 0 bridgehead atoms. The van der Waals surface area contributed by atoms with Crippen LogP contribution in [0.4, 0.5) is 4.79 Å². The molecule has 9 nitrogen and oxygen atoms in total. The molecule has 1 aromatic carbocycles. The Labute approximate surface area is 130 Å². The zero-order chi connectivity index (χ0) is 17.0. The summed E-state index contributed by atoms with van der Waals surface area (Å²) < 4.78 is 0. The number of nitrogens with zero attached hydrogens (tertiary/aromatic N) is 1. The van der Waals surface area contributed by atoms with Gasteiger partial charge in [0.2, 0.25) is 11.8 Å². The molecule has 23 heavy (non-hydrogen) atoms. The molecule has 0 spiro atoms. The number of hydrogen-bond donors (Lipinski definition) is 4. The van der Waals surface area contributed by atoms with Crippen molar-refractivity contribution < 1.29 is 29.4 Å². The third kappa shape index (κ3) is 4.13. The number of barbiturate groups is 1. The van der Waals surface area contributed by atoms with Gasteiger partial charge in [-0.15, -0.1) is 0 Å². The van der Waals surface area contributed by atoms with Gasteiger partial charge in [0.25, 0.3) is 0 Å². The normalized spacial score (nSPS) is 17.0. The van der Waals surface area contributed by atoms with E-state index in [9.17, 15) is 29.4 Å². The van der Waals surface area contributed by atoms with Crippen LogP contribution in [0.2, 0.25) is 0 Å². The summed E-state index contributed by atoms with van der Waals surface area (Å²) in [5.41, 5.74) is 0.611. The van der Waals surface area contributed by atoms with Crippen molar-refractivity contribution >= 4 is 30.0 Å². The average Bonchev–Trinajstić information content (AvgIpc) is 2.46. The number of imide groups is 2. The molecule has 4 amide bonds. The minimum Gasteiger partial charge on any atom is -0.508 e. The maximum absolute atomic E-state index is 11.5. The van der Waals surface area contributed by atoms with E-state index >= 15 is 0 Å². The van der Waals surface area contributed by atoms with E-state index in [0.717, 1.165) is 6.21 Å². The Hall–Kier alpha value is -3.23. The smallest absolute Gasteiger partial charge is 0.328 e.